The third kappa shape index (κ3) is 6.49. The second-order valence-corrected chi connectivity index (χ2v) is 9.40. The second kappa shape index (κ2) is 12.1. The van der Waals surface area contributed by atoms with Gasteiger partial charge in [-0.1, -0.05) is 35.9 Å². The molecule has 1 atom stereocenters. The summed E-state index contributed by atoms with van der Waals surface area (Å²) in [5.41, 5.74) is 11.4. The number of rotatable bonds is 6. The van der Waals surface area contributed by atoms with Gasteiger partial charge in [0.15, 0.2) is 11.2 Å². The fourth-order valence-electron chi connectivity index (χ4n) is 4.44. The van der Waals surface area contributed by atoms with E-state index in [1.54, 1.807) is 10.6 Å². The van der Waals surface area contributed by atoms with E-state index in [1.807, 2.05) is 23.1 Å². The van der Waals surface area contributed by atoms with Gasteiger partial charge in [-0.25, -0.2) is 0 Å². The average molecular weight is 580 g/mol. The summed E-state index contributed by atoms with van der Waals surface area (Å²) < 4.78 is 50.5. The second-order valence-electron chi connectivity index (χ2n) is 8.99. The van der Waals surface area contributed by atoms with Crippen molar-refractivity contribution in [3.8, 4) is 17.5 Å². The number of halogens is 4. The first-order valence-corrected chi connectivity index (χ1v) is 12.8. The summed E-state index contributed by atoms with van der Waals surface area (Å²) in [6.07, 6.45) is -3.10. The molecule has 40 heavy (non-hydrogen) atoms. The van der Waals surface area contributed by atoms with Crippen LogP contribution in [0.15, 0.2) is 53.3 Å². The van der Waals surface area contributed by atoms with Gasteiger partial charge >= 0.3 is 12.4 Å². The van der Waals surface area contributed by atoms with Crippen molar-refractivity contribution < 1.29 is 22.6 Å². The Hall–Kier alpha value is -3.81. The number of alkyl halides is 3. The summed E-state index contributed by atoms with van der Waals surface area (Å²) in [5.74, 6) is 0.0672. The molecule has 0 aliphatic carbocycles. The van der Waals surface area contributed by atoms with Crippen LogP contribution in [0.3, 0.4) is 0 Å². The minimum absolute atomic E-state index is 0.00586. The summed E-state index contributed by atoms with van der Waals surface area (Å²) in [7, 11) is 2.96. The smallest absolute Gasteiger partial charge is 0.425 e. The highest BCUT2D eigenvalue weighted by atomic mass is 35.5. The standard InChI is InChI=1S/C25H24ClF3N6O3.CH5N/c1-33-22(36)20-21(32-24(33)37-17-8-4-9-18(12-17)38-25(27,28)29)31-23(34-11-5-7-16(30)14-34)35(20)13-15-6-2-3-10-19(15)26;1-2/h2-4,6,8-10,12,16H,5,7,11,13-14,30H2,1H3;2H2,1H3. The van der Waals surface area contributed by atoms with Crippen molar-refractivity contribution in [2.75, 3.05) is 25.0 Å². The Labute approximate surface area is 232 Å². The maximum atomic E-state index is 13.6. The molecule has 1 aliphatic rings. The summed E-state index contributed by atoms with van der Waals surface area (Å²) >= 11 is 6.43. The molecule has 4 N–H and O–H groups in total. The lowest BCUT2D eigenvalue weighted by atomic mass is 10.1. The maximum Gasteiger partial charge on any atom is 0.573 e. The van der Waals surface area contributed by atoms with Gasteiger partial charge in [0.2, 0.25) is 5.95 Å². The minimum atomic E-state index is -4.86. The Kier molecular flexibility index (Phi) is 8.86. The van der Waals surface area contributed by atoms with Gasteiger partial charge in [0, 0.05) is 37.3 Å². The lowest BCUT2D eigenvalue weighted by Gasteiger charge is -2.31. The molecule has 10 nitrogen and oxygen atoms in total. The number of piperidine rings is 1. The summed E-state index contributed by atoms with van der Waals surface area (Å²) in [6, 6.07) is 12.1. The van der Waals surface area contributed by atoms with Gasteiger partial charge in [-0.3, -0.25) is 13.9 Å². The number of nitrogens with two attached hydrogens (primary N) is 2. The number of hydrogen-bond donors (Lipinski definition) is 2. The van der Waals surface area contributed by atoms with Crippen molar-refractivity contribution in [3.05, 3.63) is 69.5 Å². The van der Waals surface area contributed by atoms with Crippen LogP contribution < -0.4 is 31.4 Å². The van der Waals surface area contributed by atoms with Crippen molar-refractivity contribution >= 4 is 28.7 Å². The zero-order valence-electron chi connectivity index (χ0n) is 21.9. The van der Waals surface area contributed by atoms with Gasteiger partial charge in [-0.2, -0.15) is 9.97 Å². The largest absolute Gasteiger partial charge is 0.573 e. The van der Waals surface area contributed by atoms with Crippen molar-refractivity contribution in [2.24, 2.45) is 18.5 Å². The van der Waals surface area contributed by atoms with E-state index in [0.29, 0.717) is 24.1 Å². The molecule has 1 fully saturated rings. The summed E-state index contributed by atoms with van der Waals surface area (Å²) in [5, 5.41) is 0.543. The third-order valence-electron chi connectivity index (χ3n) is 6.20. The van der Waals surface area contributed by atoms with Crippen molar-refractivity contribution in [1.82, 2.24) is 19.1 Å². The van der Waals surface area contributed by atoms with Crippen LogP contribution in [-0.4, -0.2) is 51.6 Å². The number of anilines is 1. The third-order valence-corrected chi connectivity index (χ3v) is 6.57. The molecule has 1 aliphatic heterocycles. The fourth-order valence-corrected chi connectivity index (χ4v) is 4.64. The van der Waals surface area contributed by atoms with Crippen LogP contribution in [-0.2, 0) is 13.6 Å². The minimum Gasteiger partial charge on any atom is -0.425 e. The Morgan fingerprint density at radius 2 is 1.82 bits per heavy atom. The molecule has 0 radical (unpaired) electrons. The number of benzene rings is 2. The van der Waals surface area contributed by atoms with E-state index in [0.717, 1.165) is 30.5 Å². The molecule has 4 aromatic rings. The van der Waals surface area contributed by atoms with Gasteiger partial charge in [0.25, 0.3) is 5.56 Å². The van der Waals surface area contributed by atoms with Crippen LogP contribution in [0, 0.1) is 0 Å². The van der Waals surface area contributed by atoms with Crippen LogP contribution in [0.4, 0.5) is 19.1 Å². The monoisotopic (exact) mass is 579 g/mol. The van der Waals surface area contributed by atoms with Gasteiger partial charge in [-0.05, 0) is 43.7 Å². The number of hydrogen-bond acceptors (Lipinski definition) is 8. The van der Waals surface area contributed by atoms with Crippen LogP contribution >= 0.6 is 11.6 Å². The highest BCUT2D eigenvalue weighted by Gasteiger charge is 2.31. The lowest BCUT2D eigenvalue weighted by molar-refractivity contribution is -0.274. The molecule has 0 bridgehead atoms. The van der Waals surface area contributed by atoms with E-state index in [-0.39, 0.29) is 35.5 Å². The Morgan fingerprint density at radius 3 is 2.52 bits per heavy atom. The predicted octanol–water partition coefficient (Wildman–Crippen LogP) is 4.03. The highest BCUT2D eigenvalue weighted by molar-refractivity contribution is 6.31. The molecule has 3 heterocycles. The summed E-state index contributed by atoms with van der Waals surface area (Å²) in [4.78, 5) is 24.7. The molecule has 0 saturated carbocycles. The Bertz CT molecular complexity index is 1540. The van der Waals surface area contributed by atoms with Gasteiger partial charge in [0.05, 0.1) is 6.54 Å². The van der Waals surface area contributed by atoms with Crippen molar-refractivity contribution in [2.45, 2.75) is 31.8 Å². The number of ether oxygens (including phenoxy) is 2. The molecular weight excluding hydrogens is 551 g/mol. The SMILES string of the molecule is CN.Cn1c(Oc2cccc(OC(F)(F)F)c2)nc2nc(N3CCCC(N)C3)n(Cc3ccccc3Cl)c2c1=O. The van der Waals surface area contributed by atoms with Crippen LogP contribution in [0.5, 0.6) is 17.5 Å². The molecule has 0 amide bonds. The Balaban J connectivity index is 0.00000181. The molecule has 214 valence electrons. The van der Waals surface area contributed by atoms with Crippen molar-refractivity contribution in [3.63, 3.8) is 0 Å². The number of aromatic nitrogens is 4. The number of nitrogens with zero attached hydrogens (tertiary/aromatic N) is 5. The summed E-state index contributed by atoms with van der Waals surface area (Å²) in [6.45, 7) is 1.53. The van der Waals surface area contributed by atoms with E-state index in [1.165, 1.54) is 30.8 Å². The molecule has 2 aromatic carbocycles. The first-order chi connectivity index (χ1) is 19.1. The van der Waals surface area contributed by atoms with E-state index in [2.05, 4.69) is 20.4 Å². The van der Waals surface area contributed by atoms with E-state index >= 15 is 0 Å². The quantitative estimate of drug-likeness (QED) is 0.351. The molecule has 1 saturated heterocycles. The fraction of sp³-hybridized carbons (Fsp3) is 0.346. The molecule has 2 aromatic heterocycles. The van der Waals surface area contributed by atoms with E-state index in [4.69, 9.17) is 22.1 Å². The average Bonchev–Trinajstić information content (AvgIpc) is 3.27. The topological polar surface area (TPSA) is 126 Å². The van der Waals surface area contributed by atoms with Crippen molar-refractivity contribution in [1.29, 1.82) is 0 Å². The molecular formula is C26H29ClF3N7O3. The first-order valence-electron chi connectivity index (χ1n) is 12.4. The van der Waals surface area contributed by atoms with Gasteiger partial charge in [0.1, 0.15) is 11.5 Å². The van der Waals surface area contributed by atoms with Crippen LogP contribution in [0.25, 0.3) is 11.2 Å². The first kappa shape index (κ1) is 29.2. The van der Waals surface area contributed by atoms with Gasteiger partial charge < -0.3 is 25.8 Å². The van der Waals surface area contributed by atoms with Crippen LogP contribution in [0.2, 0.25) is 5.02 Å². The van der Waals surface area contributed by atoms with Gasteiger partial charge in [-0.15, -0.1) is 13.2 Å². The highest BCUT2D eigenvalue weighted by Crippen LogP contribution is 2.30. The van der Waals surface area contributed by atoms with E-state index < -0.39 is 17.7 Å². The Morgan fingerprint density at radius 1 is 1.10 bits per heavy atom. The van der Waals surface area contributed by atoms with Crippen LogP contribution in [0.1, 0.15) is 18.4 Å². The molecule has 14 heteroatoms. The molecule has 5 rings (SSSR count). The van der Waals surface area contributed by atoms with E-state index in [9.17, 15) is 18.0 Å². The molecule has 1 unspecified atom stereocenters. The predicted molar refractivity (Wildman–Crippen MR) is 146 cm³/mol. The molecule has 0 spiro atoms. The lowest BCUT2D eigenvalue weighted by Crippen LogP contribution is -2.44. The number of fused-ring (bicyclic) bond motifs is 1. The normalized spacial score (nSPS) is 15.5. The maximum absolute atomic E-state index is 13.6. The zero-order valence-corrected chi connectivity index (χ0v) is 22.6. The zero-order chi connectivity index (χ0) is 29.0. The number of imidazole rings is 1.